The Morgan fingerprint density at radius 2 is 2.10 bits per heavy atom. The number of nitrogens with zero attached hydrogens (tertiary/aromatic N) is 2. The van der Waals surface area contributed by atoms with Crippen LogP contribution in [0.2, 0.25) is 0 Å². The van der Waals surface area contributed by atoms with E-state index in [1.807, 2.05) is 37.5 Å². The minimum atomic E-state index is -0.385. The molecular formula is C15H16N2O3. The lowest BCUT2D eigenvalue weighted by molar-refractivity contribution is -0.138. The molecule has 0 radical (unpaired) electrons. The highest BCUT2D eigenvalue weighted by Crippen LogP contribution is 2.12. The molecule has 0 fully saturated rings. The summed E-state index contributed by atoms with van der Waals surface area (Å²) in [6.45, 7) is 0.236. The number of rotatable bonds is 5. The molecule has 0 aliphatic heterocycles. The number of methoxy groups -OCH3 is 1. The van der Waals surface area contributed by atoms with Gasteiger partial charge in [0.2, 0.25) is 0 Å². The summed E-state index contributed by atoms with van der Waals surface area (Å²) < 4.78 is 11.9. The van der Waals surface area contributed by atoms with Crippen LogP contribution in [0.3, 0.4) is 0 Å². The normalized spacial score (nSPS) is 10.7. The molecule has 5 heteroatoms. The van der Waals surface area contributed by atoms with Gasteiger partial charge in [-0.05, 0) is 23.8 Å². The highest BCUT2D eigenvalue weighted by atomic mass is 16.5. The largest absolute Gasteiger partial charge is 0.497 e. The van der Waals surface area contributed by atoms with Gasteiger partial charge in [0, 0.05) is 24.9 Å². The average Bonchev–Trinajstić information content (AvgIpc) is 2.89. The number of aromatic nitrogens is 2. The molecule has 0 amide bonds. The van der Waals surface area contributed by atoms with Crippen LogP contribution < -0.4 is 4.74 Å². The number of hydrogen-bond acceptors (Lipinski definition) is 4. The Hall–Kier alpha value is -2.56. The first-order chi connectivity index (χ1) is 9.67. The van der Waals surface area contributed by atoms with Crippen LogP contribution in [0.15, 0.2) is 42.7 Å². The third-order valence-electron chi connectivity index (χ3n) is 2.68. The summed E-state index contributed by atoms with van der Waals surface area (Å²) in [5, 5.41) is 4.01. The Kier molecular flexibility index (Phi) is 4.55. The Morgan fingerprint density at radius 1 is 1.35 bits per heavy atom. The van der Waals surface area contributed by atoms with E-state index in [1.54, 1.807) is 24.1 Å². The predicted octanol–water partition coefficient (Wildman–Crippen LogP) is 2.19. The summed E-state index contributed by atoms with van der Waals surface area (Å²) in [5.74, 6) is 0.390. The summed E-state index contributed by atoms with van der Waals surface area (Å²) in [6.07, 6.45) is 6.55. The number of carbonyl (C=O) groups is 1. The number of benzene rings is 1. The minimum Gasteiger partial charge on any atom is -0.497 e. The molecule has 0 atom stereocenters. The van der Waals surface area contributed by atoms with Gasteiger partial charge in [-0.15, -0.1) is 0 Å². The van der Waals surface area contributed by atoms with Gasteiger partial charge in [-0.25, -0.2) is 4.79 Å². The zero-order valence-electron chi connectivity index (χ0n) is 11.4. The van der Waals surface area contributed by atoms with Crippen LogP contribution in [0.1, 0.15) is 11.1 Å². The van der Waals surface area contributed by atoms with Crippen molar-refractivity contribution in [3.05, 3.63) is 53.9 Å². The summed E-state index contributed by atoms with van der Waals surface area (Å²) in [6, 6.07) is 7.37. The number of hydrogen-bond donors (Lipinski definition) is 0. The Morgan fingerprint density at radius 3 is 2.70 bits per heavy atom. The molecule has 0 spiro atoms. The molecular weight excluding hydrogens is 256 g/mol. The highest BCUT2D eigenvalue weighted by Gasteiger charge is 2.00. The Balaban J connectivity index is 1.83. The van der Waals surface area contributed by atoms with E-state index >= 15 is 0 Å². The van der Waals surface area contributed by atoms with E-state index in [9.17, 15) is 4.79 Å². The van der Waals surface area contributed by atoms with E-state index in [0.717, 1.165) is 16.9 Å². The van der Waals surface area contributed by atoms with Crippen molar-refractivity contribution in [3.63, 3.8) is 0 Å². The molecule has 0 unspecified atom stereocenters. The summed E-state index contributed by atoms with van der Waals surface area (Å²) in [7, 11) is 3.43. The van der Waals surface area contributed by atoms with E-state index in [4.69, 9.17) is 9.47 Å². The number of ether oxygens (including phenoxy) is 2. The lowest BCUT2D eigenvalue weighted by Crippen LogP contribution is -2.00. The van der Waals surface area contributed by atoms with Gasteiger partial charge >= 0.3 is 5.97 Å². The fourth-order valence-corrected chi connectivity index (χ4v) is 1.61. The second-order valence-electron chi connectivity index (χ2n) is 4.24. The number of carbonyl (C=O) groups excluding carboxylic acids is 1. The van der Waals surface area contributed by atoms with Crippen LogP contribution in [-0.4, -0.2) is 22.9 Å². The van der Waals surface area contributed by atoms with Gasteiger partial charge in [-0.1, -0.05) is 12.1 Å². The van der Waals surface area contributed by atoms with Gasteiger partial charge in [-0.3, -0.25) is 4.68 Å². The average molecular weight is 272 g/mol. The molecule has 0 saturated heterocycles. The van der Waals surface area contributed by atoms with E-state index in [1.165, 1.54) is 6.08 Å². The van der Waals surface area contributed by atoms with Crippen molar-refractivity contribution >= 4 is 12.0 Å². The first kappa shape index (κ1) is 13.9. The van der Waals surface area contributed by atoms with Gasteiger partial charge in [0.25, 0.3) is 0 Å². The summed E-state index contributed by atoms with van der Waals surface area (Å²) >= 11 is 0. The maximum atomic E-state index is 11.6. The van der Waals surface area contributed by atoms with Gasteiger partial charge in [0.1, 0.15) is 12.4 Å². The molecule has 104 valence electrons. The molecule has 1 aromatic heterocycles. The third kappa shape index (κ3) is 3.98. The van der Waals surface area contributed by atoms with E-state index in [-0.39, 0.29) is 12.6 Å². The fraction of sp³-hybridized carbons (Fsp3) is 0.200. The quantitative estimate of drug-likeness (QED) is 0.618. The standard InChI is InChI=1S/C15H16N2O3/c1-17-10-13(9-16-17)5-8-15(18)20-11-12-3-6-14(19-2)7-4-12/h3-10H,11H2,1-2H3. The van der Waals surface area contributed by atoms with Gasteiger partial charge in [0.05, 0.1) is 13.3 Å². The molecule has 0 saturated carbocycles. The van der Waals surface area contributed by atoms with Crippen LogP contribution in [0.5, 0.6) is 5.75 Å². The molecule has 20 heavy (non-hydrogen) atoms. The highest BCUT2D eigenvalue weighted by molar-refractivity contribution is 5.86. The number of esters is 1. The topological polar surface area (TPSA) is 53.4 Å². The monoisotopic (exact) mass is 272 g/mol. The van der Waals surface area contributed by atoms with Gasteiger partial charge in [0.15, 0.2) is 0 Å². The molecule has 2 aromatic rings. The van der Waals surface area contributed by atoms with Crippen molar-refractivity contribution in [1.29, 1.82) is 0 Å². The fourth-order valence-electron chi connectivity index (χ4n) is 1.61. The molecule has 5 nitrogen and oxygen atoms in total. The molecule has 0 bridgehead atoms. The predicted molar refractivity (Wildman–Crippen MR) is 75.0 cm³/mol. The zero-order valence-corrected chi connectivity index (χ0v) is 11.4. The minimum absolute atomic E-state index is 0.236. The molecule has 0 aliphatic carbocycles. The molecule has 2 rings (SSSR count). The van der Waals surface area contributed by atoms with Gasteiger partial charge in [-0.2, -0.15) is 5.10 Å². The zero-order chi connectivity index (χ0) is 14.4. The van der Waals surface area contributed by atoms with Crippen molar-refractivity contribution < 1.29 is 14.3 Å². The summed E-state index contributed by atoms with van der Waals surface area (Å²) in [5.41, 5.74) is 1.77. The van der Waals surface area contributed by atoms with E-state index < -0.39 is 0 Å². The third-order valence-corrected chi connectivity index (χ3v) is 2.68. The van der Waals surface area contributed by atoms with Crippen molar-refractivity contribution in [2.45, 2.75) is 6.61 Å². The van der Waals surface area contributed by atoms with Crippen molar-refractivity contribution in [2.24, 2.45) is 7.05 Å². The molecule has 1 aromatic carbocycles. The van der Waals surface area contributed by atoms with Crippen LogP contribution >= 0.6 is 0 Å². The van der Waals surface area contributed by atoms with Crippen LogP contribution in [0.4, 0.5) is 0 Å². The smallest absolute Gasteiger partial charge is 0.331 e. The second kappa shape index (κ2) is 6.56. The maximum Gasteiger partial charge on any atom is 0.331 e. The van der Waals surface area contributed by atoms with E-state index in [0.29, 0.717) is 0 Å². The Bertz CT molecular complexity index is 600. The van der Waals surface area contributed by atoms with Gasteiger partial charge < -0.3 is 9.47 Å². The van der Waals surface area contributed by atoms with Crippen molar-refractivity contribution in [1.82, 2.24) is 9.78 Å². The van der Waals surface area contributed by atoms with Crippen LogP contribution in [0.25, 0.3) is 6.08 Å². The summed E-state index contributed by atoms with van der Waals surface area (Å²) in [4.78, 5) is 11.6. The molecule has 1 heterocycles. The van der Waals surface area contributed by atoms with E-state index in [2.05, 4.69) is 5.10 Å². The van der Waals surface area contributed by atoms with Crippen LogP contribution in [0, 0.1) is 0 Å². The Labute approximate surface area is 117 Å². The maximum absolute atomic E-state index is 11.6. The molecule has 0 aliphatic rings. The first-order valence-corrected chi connectivity index (χ1v) is 6.14. The molecule has 0 N–H and O–H groups in total. The SMILES string of the molecule is COc1ccc(COC(=O)C=Cc2cnn(C)c2)cc1. The number of aryl methyl sites for hydroxylation is 1. The van der Waals surface area contributed by atoms with Crippen LogP contribution in [-0.2, 0) is 23.2 Å². The van der Waals surface area contributed by atoms with Crippen molar-refractivity contribution in [3.8, 4) is 5.75 Å². The lowest BCUT2D eigenvalue weighted by Gasteiger charge is -2.03. The van der Waals surface area contributed by atoms with Crippen molar-refractivity contribution in [2.75, 3.05) is 7.11 Å². The lowest BCUT2D eigenvalue weighted by atomic mass is 10.2. The first-order valence-electron chi connectivity index (χ1n) is 6.14. The second-order valence-corrected chi connectivity index (χ2v) is 4.24.